The van der Waals surface area contributed by atoms with Crippen LogP contribution in [0, 0.1) is 21.4 Å². The van der Waals surface area contributed by atoms with Crippen molar-refractivity contribution in [2.24, 2.45) is 0 Å². The molecule has 0 fully saturated rings. The third-order valence-corrected chi connectivity index (χ3v) is 3.84. The van der Waals surface area contributed by atoms with E-state index in [0.29, 0.717) is 12.0 Å². The summed E-state index contributed by atoms with van der Waals surface area (Å²) in [6.45, 7) is 0. The first-order valence-corrected chi connectivity index (χ1v) is 6.90. The molecule has 1 atom stereocenters. The minimum Gasteiger partial charge on any atom is -0.258 e. The van der Waals surface area contributed by atoms with Crippen molar-refractivity contribution < 1.29 is 4.92 Å². The molecule has 20 heavy (non-hydrogen) atoms. The predicted octanol–water partition coefficient (Wildman–Crippen LogP) is 4.15. The van der Waals surface area contributed by atoms with E-state index in [2.05, 4.69) is 15.9 Å². The number of nitriles is 1. The van der Waals surface area contributed by atoms with Gasteiger partial charge in [-0.2, -0.15) is 5.26 Å². The number of hydrogen-bond donors (Lipinski definition) is 0. The number of nitro benzene ring substituents is 1. The highest BCUT2D eigenvalue weighted by atomic mass is 79.9. The Balaban J connectivity index is 2.26. The van der Waals surface area contributed by atoms with Crippen molar-refractivity contribution in [1.29, 1.82) is 5.26 Å². The van der Waals surface area contributed by atoms with Gasteiger partial charge in [0.05, 0.1) is 16.6 Å². The van der Waals surface area contributed by atoms with E-state index in [1.165, 1.54) is 12.1 Å². The number of hydrogen-bond acceptors (Lipinski definition) is 3. The average molecular weight is 331 g/mol. The lowest BCUT2D eigenvalue weighted by atomic mass is 10.00. The topological polar surface area (TPSA) is 66.9 Å². The quantitative estimate of drug-likeness (QED) is 0.480. The van der Waals surface area contributed by atoms with Gasteiger partial charge in [-0.25, -0.2) is 0 Å². The standard InChI is InChI=1S/C15H11BrN2O2/c16-15(11-4-2-1-3-5-11)9-12-6-7-14(18(19)20)8-13(12)10-17/h1-8,15H,9H2. The van der Waals surface area contributed by atoms with E-state index in [1.54, 1.807) is 6.07 Å². The number of alkyl halides is 1. The van der Waals surface area contributed by atoms with Gasteiger partial charge >= 0.3 is 0 Å². The van der Waals surface area contributed by atoms with Crippen LogP contribution >= 0.6 is 15.9 Å². The molecule has 0 saturated heterocycles. The van der Waals surface area contributed by atoms with Crippen LogP contribution in [-0.2, 0) is 6.42 Å². The summed E-state index contributed by atoms with van der Waals surface area (Å²) in [4.78, 5) is 10.3. The van der Waals surface area contributed by atoms with Crippen LogP contribution in [0.15, 0.2) is 48.5 Å². The second kappa shape index (κ2) is 6.31. The van der Waals surface area contributed by atoms with Gasteiger partial charge in [-0.05, 0) is 17.5 Å². The zero-order valence-electron chi connectivity index (χ0n) is 10.5. The fraction of sp³-hybridized carbons (Fsp3) is 0.133. The molecule has 0 spiro atoms. The summed E-state index contributed by atoms with van der Waals surface area (Å²) in [5.41, 5.74) is 2.19. The molecule has 0 aliphatic heterocycles. The normalized spacial score (nSPS) is 11.6. The molecule has 0 bridgehead atoms. The summed E-state index contributed by atoms with van der Waals surface area (Å²) in [7, 11) is 0. The van der Waals surface area contributed by atoms with Crippen molar-refractivity contribution in [1.82, 2.24) is 0 Å². The van der Waals surface area contributed by atoms with Gasteiger partial charge in [-0.1, -0.05) is 52.3 Å². The van der Waals surface area contributed by atoms with Crippen LogP contribution in [0.25, 0.3) is 0 Å². The molecule has 0 N–H and O–H groups in total. The van der Waals surface area contributed by atoms with Crippen LogP contribution in [0.3, 0.4) is 0 Å². The number of rotatable bonds is 4. The number of halogens is 1. The van der Waals surface area contributed by atoms with Gasteiger partial charge < -0.3 is 0 Å². The maximum Gasteiger partial charge on any atom is 0.270 e. The van der Waals surface area contributed by atoms with Crippen molar-refractivity contribution in [3.8, 4) is 6.07 Å². The van der Waals surface area contributed by atoms with Crippen molar-refractivity contribution >= 4 is 21.6 Å². The van der Waals surface area contributed by atoms with Gasteiger partial charge in [0.1, 0.15) is 0 Å². The molecule has 0 amide bonds. The van der Waals surface area contributed by atoms with Crippen LogP contribution in [0.4, 0.5) is 5.69 Å². The van der Waals surface area contributed by atoms with Gasteiger partial charge in [-0.3, -0.25) is 10.1 Å². The predicted molar refractivity (Wildman–Crippen MR) is 79.6 cm³/mol. The van der Waals surface area contributed by atoms with E-state index >= 15 is 0 Å². The highest BCUT2D eigenvalue weighted by Gasteiger charge is 2.14. The van der Waals surface area contributed by atoms with Crippen molar-refractivity contribution in [2.75, 3.05) is 0 Å². The Morgan fingerprint density at radius 1 is 1.25 bits per heavy atom. The fourth-order valence-corrected chi connectivity index (χ4v) is 2.59. The van der Waals surface area contributed by atoms with Crippen LogP contribution in [0.2, 0.25) is 0 Å². The first-order valence-electron chi connectivity index (χ1n) is 5.98. The van der Waals surface area contributed by atoms with Gasteiger partial charge in [-0.15, -0.1) is 0 Å². The molecular weight excluding hydrogens is 320 g/mol. The smallest absolute Gasteiger partial charge is 0.258 e. The second-order valence-corrected chi connectivity index (χ2v) is 5.40. The Kier molecular flexibility index (Phi) is 4.49. The van der Waals surface area contributed by atoms with Gasteiger partial charge in [0.2, 0.25) is 0 Å². The number of nitro groups is 1. The molecule has 2 aromatic carbocycles. The summed E-state index contributed by atoms with van der Waals surface area (Å²) in [5.74, 6) is 0. The molecule has 0 aliphatic carbocycles. The molecule has 1 unspecified atom stereocenters. The maximum atomic E-state index is 10.7. The lowest BCUT2D eigenvalue weighted by molar-refractivity contribution is -0.384. The largest absolute Gasteiger partial charge is 0.270 e. The lowest BCUT2D eigenvalue weighted by Gasteiger charge is -2.11. The van der Waals surface area contributed by atoms with Gasteiger partial charge in [0, 0.05) is 17.0 Å². The first-order chi connectivity index (χ1) is 9.61. The van der Waals surface area contributed by atoms with E-state index in [4.69, 9.17) is 5.26 Å². The fourth-order valence-electron chi connectivity index (χ4n) is 1.93. The Morgan fingerprint density at radius 3 is 2.55 bits per heavy atom. The molecule has 2 rings (SSSR count). The van der Waals surface area contributed by atoms with Crippen molar-refractivity contribution in [2.45, 2.75) is 11.2 Å². The van der Waals surface area contributed by atoms with Crippen LogP contribution < -0.4 is 0 Å². The summed E-state index contributed by atoms with van der Waals surface area (Å²) in [5, 5.41) is 19.8. The number of benzene rings is 2. The Hall–Kier alpha value is -2.19. The Bertz CT molecular complexity index is 665. The molecule has 2 aromatic rings. The molecule has 100 valence electrons. The molecule has 5 heteroatoms. The summed E-state index contributed by atoms with van der Waals surface area (Å²) < 4.78 is 0. The number of nitrogens with zero attached hydrogens (tertiary/aromatic N) is 2. The molecule has 0 heterocycles. The van der Waals surface area contributed by atoms with E-state index in [0.717, 1.165) is 11.1 Å². The van der Waals surface area contributed by atoms with Crippen LogP contribution in [0.1, 0.15) is 21.5 Å². The van der Waals surface area contributed by atoms with E-state index in [9.17, 15) is 10.1 Å². The minimum atomic E-state index is -0.493. The zero-order valence-corrected chi connectivity index (χ0v) is 12.1. The third-order valence-electron chi connectivity index (χ3n) is 2.99. The second-order valence-electron chi connectivity index (χ2n) is 4.29. The third kappa shape index (κ3) is 3.22. The molecule has 0 aliphatic rings. The van der Waals surface area contributed by atoms with Crippen LogP contribution in [0.5, 0.6) is 0 Å². The Morgan fingerprint density at radius 2 is 1.95 bits per heavy atom. The highest BCUT2D eigenvalue weighted by molar-refractivity contribution is 9.09. The molecule has 0 aromatic heterocycles. The molecule has 0 saturated carbocycles. The average Bonchev–Trinajstić information content (AvgIpc) is 2.48. The number of non-ortho nitro benzene ring substituents is 1. The van der Waals surface area contributed by atoms with Crippen molar-refractivity contribution in [3.63, 3.8) is 0 Å². The van der Waals surface area contributed by atoms with Crippen molar-refractivity contribution in [3.05, 3.63) is 75.3 Å². The van der Waals surface area contributed by atoms with Crippen LogP contribution in [-0.4, -0.2) is 4.92 Å². The summed E-state index contributed by atoms with van der Waals surface area (Å²) in [6, 6.07) is 16.3. The minimum absolute atomic E-state index is 0.0591. The molecule has 0 radical (unpaired) electrons. The maximum absolute atomic E-state index is 10.7. The van der Waals surface area contributed by atoms with Gasteiger partial charge in [0.15, 0.2) is 0 Å². The van der Waals surface area contributed by atoms with E-state index in [1.807, 2.05) is 36.4 Å². The molecular formula is C15H11BrN2O2. The zero-order chi connectivity index (χ0) is 14.5. The van der Waals surface area contributed by atoms with E-state index < -0.39 is 4.92 Å². The Labute approximate surface area is 124 Å². The van der Waals surface area contributed by atoms with Gasteiger partial charge in [0.25, 0.3) is 5.69 Å². The monoisotopic (exact) mass is 330 g/mol. The van der Waals surface area contributed by atoms with E-state index in [-0.39, 0.29) is 10.5 Å². The summed E-state index contributed by atoms with van der Waals surface area (Å²) >= 11 is 3.59. The highest BCUT2D eigenvalue weighted by Crippen LogP contribution is 2.29. The lowest BCUT2D eigenvalue weighted by Crippen LogP contribution is -1.99. The summed E-state index contributed by atoms with van der Waals surface area (Å²) in [6.07, 6.45) is 0.602. The molecule has 4 nitrogen and oxygen atoms in total. The SMILES string of the molecule is N#Cc1cc([N+](=O)[O-])ccc1CC(Br)c1ccccc1. The first kappa shape index (κ1) is 14.2.